The highest BCUT2D eigenvalue weighted by atomic mass is 32.1. The molecule has 7 N–H and O–H groups in total. The van der Waals surface area contributed by atoms with Gasteiger partial charge in [-0.15, -0.1) is 11.3 Å². The van der Waals surface area contributed by atoms with E-state index in [4.69, 9.17) is 11.5 Å². The number of aromatic hydroxyl groups is 1. The van der Waals surface area contributed by atoms with Crippen LogP contribution in [0.3, 0.4) is 0 Å². The number of thiophene rings is 1. The number of nitrogens with zero attached hydrogens (tertiary/aromatic N) is 2. The largest absolute Gasteiger partial charge is 0.505 e. The number of phenols is 1. The average molecular weight is 377 g/mol. The zero-order valence-corrected chi connectivity index (χ0v) is 14.5. The first-order valence-corrected chi connectivity index (χ1v) is 8.40. The number of aliphatic hydroxyl groups is 1. The zero-order valence-electron chi connectivity index (χ0n) is 13.7. The summed E-state index contributed by atoms with van der Waals surface area (Å²) < 4.78 is 14.5. The maximum Gasteiger partial charge on any atom is 0.260 e. The van der Waals surface area contributed by atoms with Gasteiger partial charge in [0.25, 0.3) is 5.91 Å². The number of aromatic nitrogens is 2. The van der Waals surface area contributed by atoms with Crippen LogP contribution in [-0.2, 0) is 0 Å². The van der Waals surface area contributed by atoms with E-state index in [0.29, 0.717) is 4.83 Å². The summed E-state index contributed by atoms with van der Waals surface area (Å²) in [6.45, 7) is 1.54. The van der Waals surface area contributed by atoms with Crippen molar-refractivity contribution >= 4 is 39.1 Å². The van der Waals surface area contributed by atoms with Crippen molar-refractivity contribution in [2.24, 2.45) is 5.73 Å². The summed E-state index contributed by atoms with van der Waals surface area (Å²) in [6, 6.07) is 3.73. The van der Waals surface area contributed by atoms with Crippen molar-refractivity contribution in [1.82, 2.24) is 9.97 Å². The Morgan fingerprint density at radius 2 is 2.15 bits per heavy atom. The maximum atomic E-state index is 14.5. The SMILES string of the molecule is C[C@H](CO)Nc1nc(-c2cccc(O)c2F)c2c(N)c(C(N)=O)sc2n1. The molecule has 0 aliphatic heterocycles. The number of carbonyl (C=O) groups is 1. The van der Waals surface area contributed by atoms with Crippen LogP contribution in [0.2, 0.25) is 0 Å². The minimum atomic E-state index is -0.875. The smallest absolute Gasteiger partial charge is 0.260 e. The molecule has 0 bridgehead atoms. The van der Waals surface area contributed by atoms with Crippen LogP contribution >= 0.6 is 11.3 Å². The second-order valence-corrected chi connectivity index (χ2v) is 6.65. The number of benzene rings is 1. The third kappa shape index (κ3) is 3.00. The molecule has 1 aromatic carbocycles. The van der Waals surface area contributed by atoms with Crippen LogP contribution in [0.15, 0.2) is 18.2 Å². The van der Waals surface area contributed by atoms with Crippen LogP contribution in [0.1, 0.15) is 16.6 Å². The molecule has 0 aliphatic rings. The number of rotatable bonds is 5. The number of nitrogen functional groups attached to an aromatic ring is 1. The van der Waals surface area contributed by atoms with Gasteiger partial charge in [0.05, 0.1) is 23.4 Å². The highest BCUT2D eigenvalue weighted by molar-refractivity contribution is 7.21. The monoisotopic (exact) mass is 377 g/mol. The van der Waals surface area contributed by atoms with E-state index in [2.05, 4.69) is 15.3 Å². The Kier molecular flexibility index (Phi) is 4.62. The van der Waals surface area contributed by atoms with Crippen LogP contribution in [0.4, 0.5) is 16.0 Å². The van der Waals surface area contributed by atoms with Crippen LogP contribution in [0.5, 0.6) is 5.75 Å². The first kappa shape index (κ1) is 17.8. The Hall–Kier alpha value is -2.98. The number of nitrogens with one attached hydrogen (secondary N) is 1. The molecule has 2 heterocycles. The van der Waals surface area contributed by atoms with E-state index < -0.39 is 17.5 Å². The molecule has 0 fully saturated rings. The number of anilines is 2. The van der Waals surface area contributed by atoms with Gasteiger partial charge >= 0.3 is 0 Å². The van der Waals surface area contributed by atoms with Gasteiger partial charge in [0, 0.05) is 11.6 Å². The topological polar surface area (TPSA) is 147 Å². The number of nitrogens with two attached hydrogens (primary N) is 2. The molecule has 1 atom stereocenters. The van der Waals surface area contributed by atoms with Crippen molar-refractivity contribution in [1.29, 1.82) is 0 Å². The molecule has 0 aliphatic carbocycles. The van der Waals surface area contributed by atoms with Crippen LogP contribution in [-0.4, -0.2) is 38.7 Å². The Morgan fingerprint density at radius 3 is 2.81 bits per heavy atom. The highest BCUT2D eigenvalue weighted by Gasteiger charge is 2.23. The molecule has 1 amide bonds. The second-order valence-electron chi connectivity index (χ2n) is 5.65. The lowest BCUT2D eigenvalue weighted by atomic mass is 10.1. The average Bonchev–Trinajstić information content (AvgIpc) is 2.93. The molecule has 3 rings (SSSR count). The fourth-order valence-electron chi connectivity index (χ4n) is 2.43. The predicted octanol–water partition coefficient (Wildman–Crippen LogP) is 1.68. The predicted molar refractivity (Wildman–Crippen MR) is 97.6 cm³/mol. The number of phenolic OH excluding ortho intramolecular Hbond substituents is 1. The van der Waals surface area contributed by atoms with Gasteiger partial charge in [-0.25, -0.2) is 14.4 Å². The first-order valence-electron chi connectivity index (χ1n) is 7.58. The summed E-state index contributed by atoms with van der Waals surface area (Å²) in [4.78, 5) is 20.6. The minimum absolute atomic E-state index is 0.00220. The van der Waals surface area contributed by atoms with Crippen LogP contribution in [0.25, 0.3) is 21.5 Å². The molecule has 0 spiro atoms. The molecule has 136 valence electrons. The normalized spacial score (nSPS) is 12.3. The molecular weight excluding hydrogens is 361 g/mol. The lowest BCUT2D eigenvalue weighted by molar-refractivity contribution is 0.100. The third-order valence-corrected chi connectivity index (χ3v) is 4.81. The summed E-state index contributed by atoms with van der Waals surface area (Å²) in [6.07, 6.45) is 0. The van der Waals surface area contributed by atoms with E-state index in [0.717, 1.165) is 11.3 Å². The molecule has 26 heavy (non-hydrogen) atoms. The summed E-state index contributed by atoms with van der Waals surface area (Å²) in [5, 5.41) is 22.0. The van der Waals surface area contributed by atoms with Crippen molar-refractivity contribution in [3.63, 3.8) is 0 Å². The number of carbonyl (C=O) groups excluding carboxylic acids is 1. The van der Waals surface area contributed by atoms with Gasteiger partial charge in [0.2, 0.25) is 5.95 Å². The number of hydrogen-bond acceptors (Lipinski definition) is 8. The van der Waals surface area contributed by atoms with E-state index in [1.54, 1.807) is 6.92 Å². The summed E-state index contributed by atoms with van der Waals surface area (Å²) in [7, 11) is 0. The molecule has 8 nitrogen and oxygen atoms in total. The number of fused-ring (bicyclic) bond motifs is 1. The number of halogens is 1. The molecule has 2 aromatic heterocycles. The quantitative estimate of drug-likeness (QED) is 0.454. The van der Waals surface area contributed by atoms with Gasteiger partial charge in [-0.3, -0.25) is 4.79 Å². The van der Waals surface area contributed by atoms with Crippen LogP contribution in [0, 0.1) is 5.82 Å². The second kappa shape index (κ2) is 6.73. The van der Waals surface area contributed by atoms with Gasteiger partial charge in [-0.05, 0) is 19.1 Å². The third-order valence-electron chi connectivity index (χ3n) is 3.70. The molecule has 0 unspecified atom stereocenters. The highest BCUT2D eigenvalue weighted by Crippen LogP contribution is 2.40. The fourth-order valence-corrected chi connectivity index (χ4v) is 3.38. The summed E-state index contributed by atoms with van der Waals surface area (Å²) in [5.74, 6) is -2.03. The fraction of sp³-hybridized carbons (Fsp3) is 0.188. The number of primary amides is 1. The van der Waals surface area contributed by atoms with E-state index in [1.165, 1.54) is 18.2 Å². The molecular formula is C16H16FN5O3S. The van der Waals surface area contributed by atoms with Gasteiger partial charge in [0.15, 0.2) is 11.6 Å². The molecule has 0 saturated heterocycles. The summed E-state index contributed by atoms with van der Waals surface area (Å²) in [5.41, 5.74) is 11.5. The van der Waals surface area contributed by atoms with Crippen molar-refractivity contribution in [2.75, 3.05) is 17.7 Å². The first-order chi connectivity index (χ1) is 12.3. The van der Waals surface area contributed by atoms with E-state index >= 15 is 0 Å². The lowest BCUT2D eigenvalue weighted by Gasteiger charge is -2.13. The van der Waals surface area contributed by atoms with E-state index in [9.17, 15) is 19.4 Å². The van der Waals surface area contributed by atoms with Gasteiger partial charge < -0.3 is 27.0 Å². The number of hydrogen-bond donors (Lipinski definition) is 5. The van der Waals surface area contributed by atoms with Crippen molar-refractivity contribution in [3.05, 3.63) is 28.9 Å². The Morgan fingerprint density at radius 1 is 1.42 bits per heavy atom. The van der Waals surface area contributed by atoms with Gasteiger partial charge in [0.1, 0.15) is 9.71 Å². The van der Waals surface area contributed by atoms with Gasteiger partial charge in [-0.1, -0.05) is 6.07 Å². The molecule has 0 radical (unpaired) electrons. The molecule has 3 aromatic rings. The van der Waals surface area contributed by atoms with Crippen molar-refractivity contribution in [3.8, 4) is 17.0 Å². The van der Waals surface area contributed by atoms with E-state index in [1.807, 2.05) is 0 Å². The van der Waals surface area contributed by atoms with Gasteiger partial charge in [-0.2, -0.15) is 0 Å². The zero-order chi connectivity index (χ0) is 19.0. The van der Waals surface area contributed by atoms with Crippen molar-refractivity contribution in [2.45, 2.75) is 13.0 Å². The standard InChI is InChI=1S/C16H16FN5O3S/c1-6(5-23)20-16-21-12(7-3-2-4-8(24)10(7)17)9-11(18)13(14(19)25)26-15(9)22-16/h2-4,6,23-24H,5,18H2,1H3,(H2,19,25)(H,20,21,22)/t6-/m1/s1. The number of amides is 1. The Balaban J connectivity index is 2.33. The Bertz CT molecular complexity index is 1010. The maximum absolute atomic E-state index is 14.5. The summed E-state index contributed by atoms with van der Waals surface area (Å²) >= 11 is 0.962. The molecule has 0 saturated carbocycles. The minimum Gasteiger partial charge on any atom is -0.505 e. The van der Waals surface area contributed by atoms with Crippen LogP contribution < -0.4 is 16.8 Å². The van der Waals surface area contributed by atoms with E-state index in [-0.39, 0.29) is 45.8 Å². The number of aliphatic hydroxyl groups excluding tert-OH is 1. The lowest BCUT2D eigenvalue weighted by Crippen LogP contribution is -2.21. The van der Waals surface area contributed by atoms with Crippen molar-refractivity contribution < 1.29 is 19.4 Å². The molecule has 10 heteroatoms. The Labute approximate surface area is 151 Å².